The van der Waals surface area contributed by atoms with E-state index in [1.165, 1.54) is 11.8 Å². The van der Waals surface area contributed by atoms with Crippen LogP contribution in [0.15, 0.2) is 63.1 Å². The summed E-state index contributed by atoms with van der Waals surface area (Å²) in [5.41, 5.74) is 0.882. The molecule has 0 aliphatic heterocycles. The Morgan fingerprint density at radius 3 is 2.46 bits per heavy atom. The molecule has 2 aromatic carbocycles. The molecular weight excluding hydrogens is 438 g/mol. The summed E-state index contributed by atoms with van der Waals surface area (Å²) in [4.78, 5) is 4.71. The van der Waals surface area contributed by atoms with Crippen molar-refractivity contribution in [2.75, 3.05) is 18.6 Å². The van der Waals surface area contributed by atoms with E-state index < -0.39 is 9.84 Å². The van der Waals surface area contributed by atoms with Crippen LogP contribution in [0.2, 0.25) is 0 Å². The normalized spacial score (nSPS) is 11.5. The minimum absolute atomic E-state index is 0.0196. The molecule has 0 fully saturated rings. The summed E-state index contributed by atoms with van der Waals surface area (Å²) in [6.07, 6.45) is 0. The lowest BCUT2D eigenvalue weighted by Gasteiger charge is -2.03. The van der Waals surface area contributed by atoms with Crippen molar-refractivity contribution in [3.05, 3.63) is 53.0 Å². The average molecular weight is 454 g/mol. The molecule has 0 aliphatic rings. The smallest absolute Gasteiger partial charge is 0.208 e. The number of nitrogens with one attached hydrogen (secondary N) is 1. The quantitative estimate of drug-likeness (QED) is 0.547. The Labute approximate surface area is 164 Å². The fraction of sp³-hybridized carbons (Fsp3) is 0.176. The Kier molecular flexibility index (Phi) is 6.00. The first kappa shape index (κ1) is 18.9. The third-order valence-corrected chi connectivity index (χ3v) is 6.95. The Morgan fingerprint density at radius 2 is 1.81 bits per heavy atom. The van der Waals surface area contributed by atoms with E-state index in [1.807, 2.05) is 24.3 Å². The van der Waals surface area contributed by atoms with Gasteiger partial charge in [0.2, 0.25) is 5.16 Å². The van der Waals surface area contributed by atoms with Crippen molar-refractivity contribution in [2.24, 2.45) is 0 Å². The summed E-state index contributed by atoms with van der Waals surface area (Å²) in [5, 5.41) is 7.52. The topological polar surface area (TPSA) is 84.9 Å². The second-order valence-electron chi connectivity index (χ2n) is 5.32. The van der Waals surface area contributed by atoms with Crippen LogP contribution in [-0.4, -0.2) is 42.2 Å². The van der Waals surface area contributed by atoms with Crippen molar-refractivity contribution in [1.82, 2.24) is 15.2 Å². The molecular formula is C17H16BrN3O3S2. The lowest BCUT2D eigenvalue weighted by atomic mass is 10.2. The van der Waals surface area contributed by atoms with Crippen molar-refractivity contribution in [3.8, 4) is 17.1 Å². The Balaban J connectivity index is 1.60. The number of ether oxygens (including phenoxy) is 1. The molecule has 3 rings (SSSR count). The molecule has 0 spiro atoms. The summed E-state index contributed by atoms with van der Waals surface area (Å²) in [6, 6.07) is 14.1. The molecule has 136 valence electrons. The minimum Gasteiger partial charge on any atom is -0.497 e. The van der Waals surface area contributed by atoms with Crippen LogP contribution in [0, 0.1) is 0 Å². The van der Waals surface area contributed by atoms with Crippen LogP contribution in [0.4, 0.5) is 0 Å². The summed E-state index contributed by atoms with van der Waals surface area (Å²) < 4.78 is 30.6. The molecule has 0 aliphatic carbocycles. The standard InChI is InChI=1S/C17H16BrN3O3S2/c1-24-14-6-2-12(3-7-14)16-19-17(21-20-16)25-10-11-26(22,23)15-8-4-13(18)5-9-15/h2-9H,10-11H2,1H3,(H,19,20,21). The Hall–Kier alpha value is -1.84. The first-order valence-electron chi connectivity index (χ1n) is 7.66. The highest BCUT2D eigenvalue weighted by Crippen LogP contribution is 2.23. The summed E-state index contributed by atoms with van der Waals surface area (Å²) in [5.74, 6) is 1.79. The first-order valence-corrected chi connectivity index (χ1v) is 11.1. The molecule has 26 heavy (non-hydrogen) atoms. The Morgan fingerprint density at radius 1 is 1.12 bits per heavy atom. The predicted molar refractivity (Wildman–Crippen MR) is 105 cm³/mol. The van der Waals surface area contributed by atoms with Gasteiger partial charge in [-0.1, -0.05) is 27.7 Å². The first-order chi connectivity index (χ1) is 12.5. The summed E-state index contributed by atoms with van der Waals surface area (Å²) in [7, 11) is -1.71. The molecule has 3 aromatic rings. The number of hydrogen-bond acceptors (Lipinski definition) is 6. The van der Waals surface area contributed by atoms with Crippen LogP contribution in [0.5, 0.6) is 5.75 Å². The van der Waals surface area contributed by atoms with Crippen LogP contribution in [-0.2, 0) is 9.84 Å². The van der Waals surface area contributed by atoms with Crippen molar-refractivity contribution in [1.29, 1.82) is 0 Å². The molecule has 1 aromatic heterocycles. The highest BCUT2D eigenvalue weighted by Gasteiger charge is 2.15. The highest BCUT2D eigenvalue weighted by atomic mass is 79.9. The molecule has 9 heteroatoms. The van der Waals surface area contributed by atoms with E-state index in [0.29, 0.717) is 21.6 Å². The van der Waals surface area contributed by atoms with Gasteiger partial charge in [-0.2, -0.15) is 0 Å². The van der Waals surface area contributed by atoms with Crippen molar-refractivity contribution in [2.45, 2.75) is 10.1 Å². The van der Waals surface area contributed by atoms with Crippen LogP contribution in [0.3, 0.4) is 0 Å². The zero-order valence-corrected chi connectivity index (χ0v) is 17.1. The monoisotopic (exact) mass is 453 g/mol. The summed E-state index contributed by atoms with van der Waals surface area (Å²) >= 11 is 4.60. The molecule has 0 saturated heterocycles. The third-order valence-electron chi connectivity index (χ3n) is 3.58. The van der Waals surface area contributed by atoms with Crippen LogP contribution in [0.1, 0.15) is 0 Å². The van der Waals surface area contributed by atoms with Crippen molar-refractivity contribution in [3.63, 3.8) is 0 Å². The lowest BCUT2D eigenvalue weighted by molar-refractivity contribution is 0.415. The van der Waals surface area contributed by atoms with E-state index >= 15 is 0 Å². The fourth-order valence-electron chi connectivity index (χ4n) is 2.19. The number of benzene rings is 2. The van der Waals surface area contributed by atoms with Gasteiger partial charge >= 0.3 is 0 Å². The number of halogens is 1. The number of thioether (sulfide) groups is 1. The van der Waals surface area contributed by atoms with E-state index in [2.05, 4.69) is 31.1 Å². The molecule has 1 N–H and O–H groups in total. The number of H-pyrrole nitrogens is 1. The summed E-state index contributed by atoms with van der Waals surface area (Å²) in [6.45, 7) is 0. The number of hydrogen-bond donors (Lipinski definition) is 1. The van der Waals surface area contributed by atoms with E-state index in [-0.39, 0.29) is 5.75 Å². The van der Waals surface area contributed by atoms with Gasteiger partial charge in [-0.05, 0) is 48.5 Å². The fourth-order valence-corrected chi connectivity index (χ4v) is 4.90. The molecule has 0 atom stereocenters. The van der Waals surface area contributed by atoms with Gasteiger partial charge in [0, 0.05) is 15.8 Å². The molecule has 1 heterocycles. The van der Waals surface area contributed by atoms with E-state index in [4.69, 9.17) is 4.74 Å². The average Bonchev–Trinajstić information content (AvgIpc) is 3.11. The van der Waals surface area contributed by atoms with Crippen LogP contribution >= 0.6 is 27.7 Å². The number of methoxy groups -OCH3 is 1. The Bertz CT molecular complexity index is 971. The van der Waals surface area contributed by atoms with Gasteiger partial charge < -0.3 is 4.74 Å². The van der Waals surface area contributed by atoms with E-state index in [1.54, 1.807) is 31.4 Å². The van der Waals surface area contributed by atoms with Crippen LogP contribution < -0.4 is 4.74 Å². The van der Waals surface area contributed by atoms with Gasteiger partial charge in [0.15, 0.2) is 15.7 Å². The maximum atomic E-state index is 12.3. The molecule has 0 unspecified atom stereocenters. The molecule has 0 bridgehead atoms. The van der Waals surface area contributed by atoms with Gasteiger partial charge in [0.05, 0.1) is 17.8 Å². The number of sulfone groups is 1. The van der Waals surface area contributed by atoms with Crippen molar-refractivity contribution < 1.29 is 13.2 Å². The maximum Gasteiger partial charge on any atom is 0.208 e. The molecule has 0 saturated carbocycles. The van der Waals surface area contributed by atoms with E-state index in [0.717, 1.165) is 15.8 Å². The van der Waals surface area contributed by atoms with Gasteiger partial charge in [0.25, 0.3) is 0 Å². The number of aromatic nitrogens is 3. The van der Waals surface area contributed by atoms with Gasteiger partial charge in [0.1, 0.15) is 5.75 Å². The zero-order valence-electron chi connectivity index (χ0n) is 13.8. The highest BCUT2D eigenvalue weighted by molar-refractivity contribution is 9.10. The minimum atomic E-state index is -3.32. The maximum absolute atomic E-state index is 12.3. The third kappa shape index (κ3) is 4.66. The second kappa shape index (κ2) is 8.24. The van der Waals surface area contributed by atoms with Crippen LogP contribution in [0.25, 0.3) is 11.4 Å². The predicted octanol–water partition coefficient (Wildman–Crippen LogP) is 3.81. The number of rotatable bonds is 7. The van der Waals surface area contributed by atoms with E-state index in [9.17, 15) is 8.42 Å². The zero-order chi connectivity index (χ0) is 18.6. The lowest BCUT2D eigenvalue weighted by Crippen LogP contribution is -2.08. The second-order valence-corrected chi connectivity index (χ2v) is 9.40. The largest absolute Gasteiger partial charge is 0.497 e. The van der Waals surface area contributed by atoms with Gasteiger partial charge in [-0.3, -0.25) is 5.10 Å². The van der Waals surface area contributed by atoms with Gasteiger partial charge in [-0.15, -0.1) is 5.10 Å². The molecule has 0 amide bonds. The number of aromatic amines is 1. The van der Waals surface area contributed by atoms with Crippen molar-refractivity contribution >= 4 is 37.5 Å². The molecule has 0 radical (unpaired) electrons. The van der Waals surface area contributed by atoms with Gasteiger partial charge in [-0.25, -0.2) is 13.4 Å². The molecule has 6 nitrogen and oxygen atoms in total. The number of nitrogens with zero attached hydrogens (tertiary/aromatic N) is 2. The SMILES string of the molecule is COc1ccc(-c2nc(SCCS(=O)(=O)c3ccc(Br)cc3)n[nH]2)cc1.